The number of hydrogen-bond acceptors (Lipinski definition) is 5. The summed E-state index contributed by atoms with van der Waals surface area (Å²) in [5.74, 6) is -0.0989. The number of amides is 1. The first-order valence-corrected chi connectivity index (χ1v) is 11.4. The Morgan fingerprint density at radius 1 is 1.28 bits per heavy atom. The van der Waals surface area contributed by atoms with Crippen LogP contribution in [-0.4, -0.2) is 31.1 Å². The van der Waals surface area contributed by atoms with Crippen LogP contribution in [0, 0.1) is 29.5 Å². The van der Waals surface area contributed by atoms with Crippen molar-refractivity contribution in [2.24, 2.45) is 29.4 Å². The van der Waals surface area contributed by atoms with Crippen molar-refractivity contribution < 1.29 is 13.4 Å². The molecule has 2 aromatic rings. The second kappa shape index (κ2) is 7.16. The highest BCUT2D eigenvalue weighted by Crippen LogP contribution is 2.55. The number of halogens is 1. The van der Waals surface area contributed by atoms with Gasteiger partial charge in [0.2, 0.25) is 11.9 Å². The lowest BCUT2D eigenvalue weighted by atomic mass is 9.76. The van der Waals surface area contributed by atoms with Gasteiger partial charge in [-0.3, -0.25) is 9.00 Å². The Bertz CT molecular complexity index is 1000. The second-order valence-corrected chi connectivity index (χ2v) is 10.2. The van der Waals surface area contributed by atoms with Crippen LogP contribution in [-0.2, 0) is 28.4 Å². The first-order valence-electron chi connectivity index (χ1n) is 10.0. The van der Waals surface area contributed by atoms with E-state index >= 15 is 0 Å². The van der Waals surface area contributed by atoms with Crippen LogP contribution in [0.15, 0.2) is 30.5 Å². The van der Waals surface area contributed by atoms with Gasteiger partial charge in [0, 0.05) is 33.4 Å². The standard InChI is InChI=1S/C21H23FN4O2S/c22-16-10-24-21-25-13-3-1-2-11(6-13)4-5-29(28)18-8-12-7-14(18)15(9-17(16)26-21)19(12)20(23)27/h1-3,6,10,12,14-15,18-19H,4-5,7-9H2,(H2,23,27)(H,24,25,26)/t12-,14+,15-,18-,19+,29?/m1/s1. The zero-order chi connectivity index (χ0) is 20.1. The zero-order valence-electron chi connectivity index (χ0n) is 15.9. The Labute approximate surface area is 171 Å². The van der Waals surface area contributed by atoms with Crippen LogP contribution in [0.1, 0.15) is 24.1 Å². The highest BCUT2D eigenvalue weighted by atomic mass is 32.2. The van der Waals surface area contributed by atoms with Crippen LogP contribution in [0.3, 0.4) is 0 Å². The van der Waals surface area contributed by atoms with Gasteiger partial charge in [-0.2, -0.15) is 0 Å². The maximum absolute atomic E-state index is 14.5. The zero-order valence-corrected chi connectivity index (χ0v) is 16.7. The minimum absolute atomic E-state index is 0.0363. The van der Waals surface area contributed by atoms with Crippen LogP contribution >= 0.6 is 0 Å². The molecule has 1 aromatic heterocycles. The van der Waals surface area contributed by atoms with Gasteiger partial charge in [0.1, 0.15) is 0 Å². The van der Waals surface area contributed by atoms with Gasteiger partial charge < -0.3 is 11.1 Å². The van der Waals surface area contributed by atoms with Gasteiger partial charge in [-0.25, -0.2) is 14.4 Å². The van der Waals surface area contributed by atoms with Crippen molar-refractivity contribution in [3.63, 3.8) is 0 Å². The molecule has 5 rings (SSSR count). The largest absolute Gasteiger partial charge is 0.369 e. The summed E-state index contributed by atoms with van der Waals surface area (Å²) in [5, 5.41) is 3.17. The Balaban J connectivity index is 1.57. The van der Waals surface area contributed by atoms with Crippen molar-refractivity contribution >= 4 is 28.3 Å². The van der Waals surface area contributed by atoms with Crippen LogP contribution < -0.4 is 11.1 Å². The maximum atomic E-state index is 14.5. The number of primary amides is 1. The summed E-state index contributed by atoms with van der Waals surface area (Å²) in [5.41, 5.74) is 7.89. The van der Waals surface area contributed by atoms with E-state index in [1.54, 1.807) is 0 Å². The van der Waals surface area contributed by atoms with E-state index in [4.69, 9.17) is 5.73 Å². The normalized spacial score (nSPS) is 33.0. The molecule has 152 valence electrons. The Kier molecular flexibility index (Phi) is 4.61. The van der Waals surface area contributed by atoms with Crippen molar-refractivity contribution in [1.29, 1.82) is 0 Å². The number of aromatic nitrogens is 2. The topological polar surface area (TPSA) is 98.0 Å². The number of nitrogens with one attached hydrogen (secondary N) is 1. The van der Waals surface area contributed by atoms with E-state index in [1.807, 2.05) is 24.3 Å². The molecular weight excluding hydrogens is 391 g/mol. The molecule has 1 unspecified atom stereocenters. The third-order valence-electron chi connectivity index (χ3n) is 6.79. The lowest BCUT2D eigenvalue weighted by Crippen LogP contribution is -2.42. The Morgan fingerprint density at radius 2 is 2.14 bits per heavy atom. The van der Waals surface area contributed by atoms with Crippen molar-refractivity contribution in [3.8, 4) is 0 Å². The molecule has 1 aliphatic heterocycles. The molecule has 1 amide bonds. The first kappa shape index (κ1) is 18.7. The molecule has 0 radical (unpaired) electrons. The number of anilines is 2. The molecule has 2 heterocycles. The molecule has 6 nitrogen and oxygen atoms in total. The first-order chi connectivity index (χ1) is 14.0. The number of carbonyl (C=O) groups excluding carboxylic acids is 1. The summed E-state index contributed by atoms with van der Waals surface area (Å²) >= 11 is 0. The van der Waals surface area contributed by atoms with Gasteiger partial charge >= 0.3 is 0 Å². The number of hydrogen-bond donors (Lipinski definition) is 2. The number of nitrogens with zero attached hydrogens (tertiary/aromatic N) is 2. The monoisotopic (exact) mass is 414 g/mol. The average molecular weight is 415 g/mol. The van der Waals surface area contributed by atoms with E-state index in [0.717, 1.165) is 30.5 Å². The number of nitrogens with two attached hydrogens (primary N) is 1. The van der Waals surface area contributed by atoms with E-state index < -0.39 is 16.6 Å². The number of benzene rings is 1. The number of aryl methyl sites for hydroxylation is 1. The Morgan fingerprint density at radius 3 is 2.97 bits per heavy atom. The smallest absolute Gasteiger partial charge is 0.227 e. The third kappa shape index (κ3) is 3.33. The van der Waals surface area contributed by atoms with Gasteiger partial charge in [-0.1, -0.05) is 12.1 Å². The lowest BCUT2D eigenvalue weighted by molar-refractivity contribution is -0.125. The van der Waals surface area contributed by atoms with Crippen LogP contribution in [0.5, 0.6) is 0 Å². The molecule has 6 bridgehead atoms. The van der Waals surface area contributed by atoms with Crippen molar-refractivity contribution in [1.82, 2.24) is 9.97 Å². The number of carbonyl (C=O) groups is 1. The molecule has 0 saturated heterocycles. The summed E-state index contributed by atoms with van der Waals surface area (Å²) in [7, 11) is -0.998. The summed E-state index contributed by atoms with van der Waals surface area (Å²) in [4.78, 5) is 20.6. The molecule has 6 atom stereocenters. The summed E-state index contributed by atoms with van der Waals surface area (Å²) in [6.45, 7) is 0. The fourth-order valence-corrected chi connectivity index (χ4v) is 7.49. The summed E-state index contributed by atoms with van der Waals surface area (Å²) in [6, 6.07) is 7.83. The molecule has 3 aliphatic rings. The molecule has 29 heavy (non-hydrogen) atoms. The van der Waals surface area contributed by atoms with Crippen molar-refractivity contribution in [3.05, 3.63) is 47.5 Å². The average Bonchev–Trinajstić information content (AvgIpc) is 3.27. The van der Waals surface area contributed by atoms with Gasteiger partial charge in [-0.15, -0.1) is 0 Å². The van der Waals surface area contributed by atoms with E-state index in [-0.39, 0.29) is 40.5 Å². The van der Waals surface area contributed by atoms with Gasteiger partial charge in [-0.05, 0) is 61.1 Å². The molecule has 2 aliphatic carbocycles. The highest BCUT2D eigenvalue weighted by Gasteiger charge is 2.56. The minimum Gasteiger partial charge on any atom is -0.369 e. The van der Waals surface area contributed by atoms with Crippen LogP contribution in [0.4, 0.5) is 16.0 Å². The second-order valence-electron chi connectivity index (χ2n) is 8.38. The van der Waals surface area contributed by atoms with Crippen molar-refractivity contribution in [2.75, 3.05) is 11.1 Å². The van der Waals surface area contributed by atoms with E-state index in [2.05, 4.69) is 15.3 Å². The SMILES string of the molecule is NC(=O)[C@H]1[C@@H]2C[C@H]3[C@H]1Cc1nc(ncc1F)Nc1cccc(c1)CCS(=O)[C@@H]3C2. The summed E-state index contributed by atoms with van der Waals surface area (Å²) in [6.07, 6.45) is 3.80. The quantitative estimate of drug-likeness (QED) is 0.746. The fourth-order valence-electron chi connectivity index (χ4n) is 5.59. The predicted octanol–water partition coefficient (Wildman–Crippen LogP) is 2.33. The number of rotatable bonds is 1. The van der Waals surface area contributed by atoms with Gasteiger partial charge in [0.15, 0.2) is 5.82 Å². The highest BCUT2D eigenvalue weighted by molar-refractivity contribution is 7.85. The minimum atomic E-state index is -0.998. The van der Waals surface area contributed by atoms with Crippen LogP contribution in [0.2, 0.25) is 0 Å². The predicted molar refractivity (Wildman–Crippen MR) is 108 cm³/mol. The van der Waals surface area contributed by atoms with E-state index in [1.165, 1.54) is 6.20 Å². The fraction of sp³-hybridized carbons (Fsp3) is 0.476. The Hall–Kier alpha value is -2.35. The summed E-state index contributed by atoms with van der Waals surface area (Å²) < 4.78 is 27.7. The van der Waals surface area contributed by atoms with Crippen molar-refractivity contribution in [2.45, 2.75) is 30.9 Å². The van der Waals surface area contributed by atoms with E-state index in [0.29, 0.717) is 18.1 Å². The molecule has 3 N–H and O–H groups in total. The van der Waals surface area contributed by atoms with Gasteiger partial charge in [0.05, 0.1) is 11.9 Å². The molecule has 2 saturated carbocycles. The molecule has 1 aromatic carbocycles. The van der Waals surface area contributed by atoms with Crippen LogP contribution in [0.25, 0.3) is 0 Å². The van der Waals surface area contributed by atoms with E-state index in [9.17, 15) is 13.4 Å². The van der Waals surface area contributed by atoms with Gasteiger partial charge in [0.25, 0.3) is 0 Å². The third-order valence-corrected chi connectivity index (χ3v) is 8.62. The molecular formula is C21H23FN4O2S. The molecule has 2 fully saturated rings. The maximum Gasteiger partial charge on any atom is 0.227 e. The molecule has 8 heteroatoms. The lowest BCUT2D eigenvalue weighted by Gasteiger charge is -2.34. The number of fused-ring (bicyclic) bond motifs is 5. The molecule has 0 spiro atoms.